The molecule has 6 aliphatic heterocycles. The second-order valence-electron chi connectivity index (χ2n) is 20.8. The summed E-state index contributed by atoms with van der Waals surface area (Å²) in [7, 11) is 1.43. The molecule has 5 aromatic rings. The Morgan fingerprint density at radius 2 is 1.66 bits per heavy atom. The van der Waals surface area contributed by atoms with Crippen molar-refractivity contribution < 1.29 is 47.3 Å². The average molecular weight is 1060 g/mol. The minimum Gasteiger partial charge on any atom is -0.508 e. The highest BCUT2D eigenvalue weighted by molar-refractivity contribution is 6.25. The van der Waals surface area contributed by atoms with Gasteiger partial charge in [0.2, 0.25) is 11.8 Å². The lowest BCUT2D eigenvalue weighted by molar-refractivity contribution is -0.136. The number of pyridine rings is 1. The van der Waals surface area contributed by atoms with Crippen LogP contribution in [0.1, 0.15) is 123 Å². The van der Waals surface area contributed by atoms with Crippen LogP contribution in [0.2, 0.25) is 0 Å². The van der Waals surface area contributed by atoms with E-state index in [9.17, 15) is 33.5 Å². The van der Waals surface area contributed by atoms with E-state index >= 15 is 4.39 Å². The standard InChI is InChI=1S/C31H43N5O6.C26H21F2N5O2/c37-26-16-15-25(28(38)34-26)36-29(39)23-11-8-12-24(27(23)30(36)40)32-17-6-4-2-1-3-5-7-18-33-31(41)42-20-22-14-13-21-10-9-19-35(21)22;1-3-17-20(27)7-4-13-8-16(34)9-18(21(13)17)23-22(28)24-19(10-29-23)25(32-26(31-24)35-2)33-11-14-5-6-15(12-33)30-14/h8,11-12,21-22,25,32H,1-7,9-10,13-20H2,(H,33,41)(H,34,37,38);1,4,7-10,14-15,30,34H,5-6,11-12H2,2H3. The molecule has 0 spiro atoms. The van der Waals surface area contributed by atoms with Gasteiger partial charge in [0.15, 0.2) is 5.82 Å². The van der Waals surface area contributed by atoms with Crippen LogP contribution < -0.4 is 30.9 Å². The number of ether oxygens (including phenoxy) is 2. The highest BCUT2D eigenvalue weighted by Crippen LogP contribution is 2.40. The first-order valence-electron chi connectivity index (χ1n) is 27.0. The monoisotopic (exact) mass is 1050 g/mol. The van der Waals surface area contributed by atoms with Gasteiger partial charge in [-0.15, -0.1) is 6.42 Å². The van der Waals surface area contributed by atoms with E-state index < -0.39 is 35.4 Å². The Kier molecular flexibility index (Phi) is 16.1. The van der Waals surface area contributed by atoms with E-state index in [-0.39, 0.29) is 69.9 Å². The molecule has 20 heteroatoms. The summed E-state index contributed by atoms with van der Waals surface area (Å²) in [5, 5.41) is 23.5. The Bertz CT molecular complexity index is 3140. The van der Waals surface area contributed by atoms with Crippen molar-refractivity contribution in [3.63, 3.8) is 0 Å². The number of halogens is 2. The molecule has 5 atom stereocenters. The number of carbonyl (C=O) groups is 5. The zero-order valence-electron chi connectivity index (χ0n) is 43.2. The van der Waals surface area contributed by atoms with E-state index in [0.717, 1.165) is 88.7 Å². The van der Waals surface area contributed by atoms with E-state index in [0.29, 0.717) is 71.7 Å². The lowest BCUT2D eigenvalue weighted by Crippen LogP contribution is -2.54. The van der Waals surface area contributed by atoms with Crippen LogP contribution in [-0.2, 0) is 14.3 Å². The normalized spacial score (nSPS) is 21.7. The molecule has 5 N–H and O–H groups in total. The number of imide groups is 2. The Morgan fingerprint density at radius 3 is 2.42 bits per heavy atom. The van der Waals surface area contributed by atoms with Crippen molar-refractivity contribution in [3.8, 4) is 35.4 Å². The number of alkyl carbamates (subject to hydrolysis) is 1. The number of anilines is 2. The Balaban J connectivity index is 0.000000177. The van der Waals surface area contributed by atoms with Crippen molar-refractivity contribution in [2.75, 3.05) is 56.7 Å². The van der Waals surface area contributed by atoms with Crippen molar-refractivity contribution >= 4 is 62.9 Å². The van der Waals surface area contributed by atoms with Crippen molar-refractivity contribution in [2.45, 2.75) is 127 Å². The van der Waals surface area contributed by atoms with Crippen molar-refractivity contribution in [2.24, 2.45) is 0 Å². The number of unbranched alkanes of at least 4 members (excludes halogenated alkanes) is 6. The molecule has 2 bridgehead atoms. The number of hydrogen-bond donors (Lipinski definition) is 5. The zero-order chi connectivity index (χ0) is 53.7. The van der Waals surface area contributed by atoms with Gasteiger partial charge in [0.1, 0.15) is 41.2 Å². The van der Waals surface area contributed by atoms with Gasteiger partial charge in [-0.2, -0.15) is 9.97 Å². The highest BCUT2D eigenvalue weighted by atomic mass is 19.1. The number of amides is 5. The van der Waals surface area contributed by atoms with Gasteiger partial charge in [-0.1, -0.05) is 50.2 Å². The first kappa shape index (κ1) is 52.9. The summed E-state index contributed by atoms with van der Waals surface area (Å²) >= 11 is 0. The van der Waals surface area contributed by atoms with Crippen LogP contribution in [0.15, 0.2) is 48.7 Å². The van der Waals surface area contributed by atoms with Crippen LogP contribution in [0.25, 0.3) is 32.9 Å². The maximum atomic E-state index is 16.1. The van der Waals surface area contributed by atoms with Gasteiger partial charge in [-0.05, 0) is 100 Å². The van der Waals surface area contributed by atoms with E-state index in [1.807, 2.05) is 0 Å². The van der Waals surface area contributed by atoms with Crippen LogP contribution in [0.4, 0.5) is 25.1 Å². The Hall–Kier alpha value is -7.50. The smallest absolute Gasteiger partial charge is 0.407 e. The second-order valence-corrected chi connectivity index (χ2v) is 20.8. The van der Waals surface area contributed by atoms with Gasteiger partial charge in [0, 0.05) is 79.6 Å². The predicted molar refractivity (Wildman–Crippen MR) is 285 cm³/mol. The van der Waals surface area contributed by atoms with Crippen LogP contribution in [0.5, 0.6) is 11.8 Å². The average Bonchev–Trinajstić information content (AvgIpc) is 4.22. The number of phenols is 1. The van der Waals surface area contributed by atoms with E-state index in [1.54, 1.807) is 18.2 Å². The number of piperazine rings is 1. The Morgan fingerprint density at radius 1 is 0.896 bits per heavy atom. The van der Waals surface area contributed by atoms with E-state index in [4.69, 9.17) is 15.9 Å². The zero-order valence-corrected chi connectivity index (χ0v) is 43.2. The molecule has 3 aromatic carbocycles. The molecule has 77 heavy (non-hydrogen) atoms. The van der Waals surface area contributed by atoms with Gasteiger partial charge >= 0.3 is 12.1 Å². The summed E-state index contributed by atoms with van der Waals surface area (Å²) in [4.78, 5) is 80.8. The number of piperidine rings is 1. The topological polar surface area (TPSA) is 221 Å². The molecule has 5 saturated heterocycles. The van der Waals surface area contributed by atoms with Crippen molar-refractivity contribution in [3.05, 3.63) is 77.0 Å². The summed E-state index contributed by atoms with van der Waals surface area (Å²) in [6, 6.07) is 11.4. The fourth-order valence-corrected chi connectivity index (χ4v) is 12.1. The quantitative estimate of drug-likeness (QED) is 0.0349. The number of terminal acetylenes is 1. The molecule has 0 saturated carbocycles. The Labute approximate surface area is 445 Å². The maximum absolute atomic E-state index is 16.1. The number of nitrogens with one attached hydrogen (secondary N) is 4. The lowest BCUT2D eigenvalue weighted by Gasteiger charge is -2.34. The van der Waals surface area contributed by atoms with Gasteiger partial charge < -0.3 is 35.4 Å². The van der Waals surface area contributed by atoms with E-state index in [2.05, 4.69) is 51.9 Å². The molecule has 2 aromatic heterocycles. The number of carbonyl (C=O) groups excluding carboxylic acids is 5. The third-order valence-corrected chi connectivity index (χ3v) is 15.8. The number of aromatic hydroxyl groups is 1. The lowest BCUT2D eigenvalue weighted by atomic mass is 9.96. The highest BCUT2D eigenvalue weighted by Gasteiger charge is 2.46. The molecule has 5 fully saturated rings. The second kappa shape index (κ2) is 23.4. The molecule has 6 aliphatic rings. The van der Waals surface area contributed by atoms with Crippen LogP contribution in [0.3, 0.4) is 0 Å². The van der Waals surface area contributed by atoms with Gasteiger partial charge in [-0.3, -0.25) is 39.3 Å². The third-order valence-electron chi connectivity index (χ3n) is 15.8. The number of nitrogens with zero attached hydrogens (tertiary/aromatic N) is 6. The largest absolute Gasteiger partial charge is 0.508 e. The molecule has 404 valence electrons. The van der Waals surface area contributed by atoms with E-state index in [1.165, 1.54) is 56.8 Å². The minimum absolute atomic E-state index is 0.0258. The summed E-state index contributed by atoms with van der Waals surface area (Å²) < 4.78 is 41.4. The molecular weight excluding hydrogens is 991 g/mol. The number of methoxy groups -OCH3 is 1. The molecule has 5 unspecified atom stereocenters. The number of fused-ring (bicyclic) bond motifs is 6. The number of hydrogen-bond acceptors (Lipinski definition) is 15. The van der Waals surface area contributed by atoms with Crippen LogP contribution >= 0.6 is 0 Å². The summed E-state index contributed by atoms with van der Waals surface area (Å²) in [6.45, 7) is 4.42. The van der Waals surface area contributed by atoms with Crippen LogP contribution in [-0.4, -0.2) is 136 Å². The summed E-state index contributed by atoms with van der Waals surface area (Å²) in [6.07, 6.45) is 21.4. The molecule has 5 amide bonds. The van der Waals surface area contributed by atoms with Crippen molar-refractivity contribution in [1.29, 1.82) is 0 Å². The number of aromatic nitrogens is 3. The first-order valence-corrected chi connectivity index (χ1v) is 27.0. The third kappa shape index (κ3) is 11.2. The minimum atomic E-state index is -0.966. The molecule has 18 nitrogen and oxygen atoms in total. The van der Waals surface area contributed by atoms with Gasteiger partial charge in [0.25, 0.3) is 11.8 Å². The maximum Gasteiger partial charge on any atom is 0.407 e. The molecule has 0 radical (unpaired) electrons. The molecule has 0 aliphatic carbocycles. The van der Waals surface area contributed by atoms with Gasteiger partial charge in [-0.25, -0.2) is 13.6 Å². The molecular formula is C57H64F2N10O8. The number of phenolic OH excluding ortho intramolecular Hbond substituents is 1. The fourth-order valence-electron chi connectivity index (χ4n) is 12.1. The first-order chi connectivity index (χ1) is 37.4. The van der Waals surface area contributed by atoms with Crippen LogP contribution in [0, 0.1) is 24.0 Å². The predicted octanol–water partition coefficient (Wildman–Crippen LogP) is 7.34. The number of benzene rings is 3. The summed E-state index contributed by atoms with van der Waals surface area (Å²) in [5.41, 5.74) is 1.23. The van der Waals surface area contributed by atoms with Gasteiger partial charge in [0.05, 0.1) is 29.2 Å². The summed E-state index contributed by atoms with van der Waals surface area (Å²) in [5.74, 6) is -0.567. The van der Waals surface area contributed by atoms with Crippen molar-refractivity contribution in [1.82, 2.24) is 40.7 Å². The fraction of sp³-hybridized carbons (Fsp3) is 0.474. The molecule has 11 rings (SSSR count). The molecule has 8 heterocycles. The number of rotatable bonds is 17. The SMILES string of the molecule is C#Cc1c(F)ccc2cc(O)cc(-c3ncc4c(N5CC6CCC(C5)N6)nc(OC)nc4c3F)c12.O=C1CCC(N2C(=O)c3cccc(NCCCCCCCCCNC(=O)OCC4CCC5CCCN54)c3C2=O)C(=O)N1.